The second kappa shape index (κ2) is 6.48. The molecule has 0 amide bonds. The molecule has 1 aromatic rings. The number of nitrogens with one attached hydrogen (secondary N) is 2. The van der Waals surface area contributed by atoms with Crippen LogP contribution in [0, 0.1) is 13.8 Å². The Kier molecular flexibility index (Phi) is 5.08. The fourth-order valence-electron chi connectivity index (χ4n) is 2.98. The third-order valence-corrected chi connectivity index (χ3v) is 5.61. The van der Waals surface area contributed by atoms with Gasteiger partial charge in [0, 0.05) is 24.7 Å². The molecule has 1 unspecified atom stereocenters. The van der Waals surface area contributed by atoms with Crippen LogP contribution in [0.15, 0.2) is 9.31 Å². The van der Waals surface area contributed by atoms with Crippen LogP contribution >= 0.6 is 0 Å². The maximum Gasteiger partial charge on any atom is 0.244 e. The Labute approximate surface area is 126 Å². The van der Waals surface area contributed by atoms with E-state index < -0.39 is 10.0 Å². The molecular formula is C14H25N3O3S. The molecule has 21 heavy (non-hydrogen) atoms. The lowest BCUT2D eigenvalue weighted by atomic mass is 10.1. The van der Waals surface area contributed by atoms with Gasteiger partial charge >= 0.3 is 0 Å². The van der Waals surface area contributed by atoms with Crippen LogP contribution in [0.1, 0.15) is 29.9 Å². The summed E-state index contributed by atoms with van der Waals surface area (Å²) < 4.78 is 33.8. The second-order valence-electron chi connectivity index (χ2n) is 5.78. The van der Waals surface area contributed by atoms with Crippen LogP contribution in [0.3, 0.4) is 0 Å². The smallest absolute Gasteiger partial charge is 0.244 e. The van der Waals surface area contributed by atoms with Gasteiger partial charge in [0.05, 0.1) is 0 Å². The monoisotopic (exact) mass is 315 g/mol. The molecule has 1 atom stereocenters. The molecule has 0 bridgehead atoms. The summed E-state index contributed by atoms with van der Waals surface area (Å²) in [6.07, 6.45) is 1.89. The minimum Gasteiger partial charge on any atom is -0.465 e. The molecule has 2 rings (SSSR count). The highest BCUT2D eigenvalue weighted by atomic mass is 32.2. The Balaban J connectivity index is 2.27. The van der Waals surface area contributed by atoms with Crippen molar-refractivity contribution in [3.63, 3.8) is 0 Å². The van der Waals surface area contributed by atoms with Crippen molar-refractivity contribution in [2.24, 2.45) is 0 Å². The van der Waals surface area contributed by atoms with E-state index in [0.29, 0.717) is 28.5 Å². The Morgan fingerprint density at radius 2 is 2.05 bits per heavy atom. The average Bonchev–Trinajstić information content (AvgIpc) is 2.64. The minimum absolute atomic E-state index is 0.0363. The van der Waals surface area contributed by atoms with Crippen LogP contribution in [0.25, 0.3) is 0 Å². The van der Waals surface area contributed by atoms with Crippen molar-refractivity contribution in [2.75, 3.05) is 27.2 Å². The molecule has 2 N–H and O–H groups in total. The largest absolute Gasteiger partial charge is 0.465 e. The van der Waals surface area contributed by atoms with Crippen molar-refractivity contribution >= 4 is 10.0 Å². The van der Waals surface area contributed by atoms with E-state index in [-0.39, 0.29) is 6.04 Å². The molecule has 0 aromatic carbocycles. The first-order valence-corrected chi connectivity index (χ1v) is 8.77. The quantitative estimate of drug-likeness (QED) is 0.847. The number of nitrogens with zero attached hydrogens (tertiary/aromatic N) is 1. The van der Waals surface area contributed by atoms with Gasteiger partial charge in [0.15, 0.2) is 0 Å². The highest BCUT2D eigenvalue weighted by Crippen LogP contribution is 2.27. The first kappa shape index (κ1) is 16.5. The molecule has 6 nitrogen and oxygen atoms in total. The van der Waals surface area contributed by atoms with Gasteiger partial charge < -0.3 is 14.6 Å². The number of likely N-dealkylation sites (N-methyl/N-ethyl adjacent to an activating group) is 1. The Morgan fingerprint density at radius 3 is 2.67 bits per heavy atom. The van der Waals surface area contributed by atoms with E-state index in [9.17, 15) is 8.42 Å². The van der Waals surface area contributed by atoms with Gasteiger partial charge in [-0.2, -0.15) is 0 Å². The van der Waals surface area contributed by atoms with Crippen molar-refractivity contribution in [1.29, 1.82) is 0 Å². The molecule has 120 valence electrons. The highest BCUT2D eigenvalue weighted by molar-refractivity contribution is 7.89. The van der Waals surface area contributed by atoms with Crippen LogP contribution in [-0.4, -0.2) is 46.5 Å². The van der Waals surface area contributed by atoms with Gasteiger partial charge in [-0.15, -0.1) is 0 Å². The summed E-state index contributed by atoms with van der Waals surface area (Å²) in [5.74, 6) is 1.11. The zero-order valence-electron chi connectivity index (χ0n) is 13.2. The van der Waals surface area contributed by atoms with Gasteiger partial charge in [-0.25, -0.2) is 13.1 Å². The van der Waals surface area contributed by atoms with Gasteiger partial charge in [0.2, 0.25) is 10.0 Å². The number of furan rings is 1. The fraction of sp³-hybridized carbons (Fsp3) is 0.714. The number of sulfonamides is 1. The lowest BCUT2D eigenvalue weighted by Gasteiger charge is -2.30. The molecule has 0 radical (unpaired) electrons. The maximum absolute atomic E-state index is 12.7. The van der Waals surface area contributed by atoms with E-state index in [1.54, 1.807) is 20.9 Å². The number of aryl methyl sites for hydroxylation is 2. The number of piperidine rings is 1. The number of hydrogen-bond acceptors (Lipinski definition) is 5. The standard InChI is InChI=1S/C14H25N3O3S/c1-10-13(8-15-3)14(11(2)20-10)21(18,19)16-12-6-5-7-17(4)9-12/h12,15-16H,5-9H2,1-4H3. The lowest BCUT2D eigenvalue weighted by molar-refractivity contribution is 0.242. The van der Waals surface area contributed by atoms with Crippen LogP contribution in [0.4, 0.5) is 0 Å². The number of likely N-dealkylation sites (tertiary alicyclic amines) is 1. The molecule has 2 heterocycles. The molecule has 0 aliphatic carbocycles. The number of rotatable bonds is 5. The van der Waals surface area contributed by atoms with Gasteiger partial charge in [-0.05, 0) is 47.3 Å². The third kappa shape index (κ3) is 3.66. The van der Waals surface area contributed by atoms with Crippen molar-refractivity contribution in [2.45, 2.75) is 44.2 Å². The van der Waals surface area contributed by atoms with Crippen LogP contribution < -0.4 is 10.0 Å². The normalized spacial score (nSPS) is 20.9. The molecule has 1 fully saturated rings. The van der Waals surface area contributed by atoms with Crippen molar-refractivity contribution < 1.29 is 12.8 Å². The van der Waals surface area contributed by atoms with E-state index in [2.05, 4.69) is 14.9 Å². The first-order valence-electron chi connectivity index (χ1n) is 7.29. The second-order valence-corrected chi connectivity index (χ2v) is 7.43. The van der Waals surface area contributed by atoms with Gasteiger partial charge in [0.1, 0.15) is 16.4 Å². The minimum atomic E-state index is -3.56. The Bertz CT molecular complexity index is 595. The average molecular weight is 315 g/mol. The molecule has 0 saturated carbocycles. The third-order valence-electron chi connectivity index (χ3n) is 3.89. The van der Waals surface area contributed by atoms with Crippen LogP contribution in [0.2, 0.25) is 0 Å². The summed E-state index contributed by atoms with van der Waals surface area (Å²) in [6, 6.07) is -0.0363. The molecule has 0 spiro atoms. The maximum atomic E-state index is 12.7. The van der Waals surface area contributed by atoms with E-state index in [4.69, 9.17) is 4.42 Å². The van der Waals surface area contributed by atoms with Crippen LogP contribution in [0.5, 0.6) is 0 Å². The first-order chi connectivity index (χ1) is 9.85. The summed E-state index contributed by atoms with van der Waals surface area (Å²) >= 11 is 0. The van der Waals surface area contributed by atoms with Crippen LogP contribution in [-0.2, 0) is 16.6 Å². The highest BCUT2D eigenvalue weighted by Gasteiger charge is 2.30. The Hall–Kier alpha value is -0.890. The molecule has 1 aromatic heterocycles. The van der Waals surface area contributed by atoms with Gasteiger partial charge in [-0.3, -0.25) is 0 Å². The predicted molar refractivity (Wildman–Crippen MR) is 81.8 cm³/mol. The summed E-state index contributed by atoms with van der Waals surface area (Å²) in [4.78, 5) is 2.45. The van der Waals surface area contributed by atoms with E-state index in [1.165, 1.54) is 0 Å². The molecule has 1 saturated heterocycles. The van der Waals surface area contributed by atoms with Crippen molar-refractivity contribution in [1.82, 2.24) is 14.9 Å². The van der Waals surface area contributed by atoms with E-state index >= 15 is 0 Å². The van der Waals surface area contributed by atoms with Crippen molar-refractivity contribution in [3.05, 3.63) is 17.1 Å². The SMILES string of the molecule is CNCc1c(C)oc(C)c1S(=O)(=O)NC1CCCN(C)C1. The zero-order valence-corrected chi connectivity index (χ0v) is 14.0. The topological polar surface area (TPSA) is 74.6 Å². The summed E-state index contributed by atoms with van der Waals surface area (Å²) in [5.41, 5.74) is 0.715. The molecular weight excluding hydrogens is 290 g/mol. The van der Waals surface area contributed by atoms with Crippen molar-refractivity contribution in [3.8, 4) is 0 Å². The number of hydrogen-bond donors (Lipinski definition) is 2. The Morgan fingerprint density at radius 1 is 1.33 bits per heavy atom. The van der Waals surface area contributed by atoms with E-state index in [1.807, 2.05) is 7.05 Å². The predicted octanol–water partition coefficient (Wildman–Crippen LogP) is 0.988. The summed E-state index contributed by atoms with van der Waals surface area (Å²) in [6.45, 7) is 5.74. The zero-order chi connectivity index (χ0) is 15.6. The molecule has 1 aliphatic heterocycles. The summed E-state index contributed by atoms with van der Waals surface area (Å²) in [7, 11) is 0.251. The fourth-order valence-corrected chi connectivity index (χ4v) is 4.69. The summed E-state index contributed by atoms with van der Waals surface area (Å²) in [5, 5.41) is 3.00. The molecule has 7 heteroatoms. The van der Waals surface area contributed by atoms with Gasteiger partial charge in [0.25, 0.3) is 0 Å². The van der Waals surface area contributed by atoms with E-state index in [0.717, 1.165) is 25.9 Å². The molecule has 1 aliphatic rings. The van der Waals surface area contributed by atoms with Gasteiger partial charge in [-0.1, -0.05) is 0 Å². The lowest BCUT2D eigenvalue weighted by Crippen LogP contribution is -2.46.